The first-order valence-electron chi connectivity index (χ1n) is 11.8. The second kappa shape index (κ2) is 10.6. The summed E-state index contributed by atoms with van der Waals surface area (Å²) >= 11 is 0. The first-order valence-corrected chi connectivity index (χ1v) is 13.8. The molecule has 35 heavy (non-hydrogen) atoms. The Morgan fingerprint density at radius 1 is 0.514 bits per heavy atom. The molecule has 0 heterocycles. The topological polar surface area (TPSA) is 9.23 Å². The van der Waals surface area contributed by atoms with Crippen LogP contribution in [0.3, 0.4) is 0 Å². The first kappa shape index (κ1) is 22.8. The van der Waals surface area contributed by atoms with Crippen molar-refractivity contribution in [3.8, 4) is 22.6 Å². The van der Waals surface area contributed by atoms with Gasteiger partial charge in [-0.05, 0) is 71.8 Å². The zero-order chi connectivity index (χ0) is 23.9. The average molecular weight is 472 g/mol. The number of hydrogen-bond donors (Lipinski definition) is 0. The summed E-state index contributed by atoms with van der Waals surface area (Å²) in [6, 6.07) is 49.1. The maximum absolute atomic E-state index is 6.11. The average Bonchev–Trinajstić information content (AvgIpc) is 2.93. The summed E-state index contributed by atoms with van der Waals surface area (Å²) in [4.78, 5) is 0. The molecule has 0 amide bonds. The Balaban J connectivity index is 1.61. The molecular weight excluding hydrogens is 443 g/mol. The second-order valence-electron chi connectivity index (χ2n) is 8.45. The van der Waals surface area contributed by atoms with Crippen molar-refractivity contribution in [2.45, 2.75) is 0 Å². The van der Waals surface area contributed by atoms with E-state index in [9.17, 15) is 0 Å². The van der Waals surface area contributed by atoms with E-state index >= 15 is 0 Å². The number of rotatable bonds is 8. The molecule has 0 spiro atoms. The largest absolute Gasteiger partial charge is 0.457 e. The van der Waals surface area contributed by atoms with Crippen LogP contribution < -0.4 is 20.7 Å². The molecule has 0 fully saturated rings. The summed E-state index contributed by atoms with van der Waals surface area (Å²) in [5.74, 6) is 1.67. The van der Waals surface area contributed by atoms with Crippen LogP contribution in [0, 0.1) is 0 Å². The molecule has 0 aliphatic heterocycles. The van der Waals surface area contributed by atoms with Gasteiger partial charge in [0, 0.05) is 0 Å². The number of allylic oxidation sites excluding steroid dienone is 1. The number of benzene rings is 5. The number of para-hydroxylation sites is 1. The van der Waals surface area contributed by atoms with E-state index in [0.29, 0.717) is 0 Å². The molecular formula is C33H28OP+. The Morgan fingerprint density at radius 3 is 1.60 bits per heavy atom. The minimum atomic E-state index is -1.92. The lowest BCUT2D eigenvalue weighted by Crippen LogP contribution is -2.33. The lowest BCUT2D eigenvalue weighted by Gasteiger charge is -2.27. The van der Waals surface area contributed by atoms with Crippen molar-refractivity contribution < 1.29 is 4.74 Å². The van der Waals surface area contributed by atoms with Crippen molar-refractivity contribution in [2.75, 3.05) is 6.16 Å². The van der Waals surface area contributed by atoms with E-state index in [2.05, 4.69) is 116 Å². The molecule has 170 valence electrons. The quantitative estimate of drug-likeness (QED) is 0.167. The molecule has 2 heteroatoms. The van der Waals surface area contributed by atoms with Crippen LogP contribution >= 0.6 is 7.26 Å². The lowest BCUT2D eigenvalue weighted by molar-refractivity contribution is 0.483. The van der Waals surface area contributed by atoms with Crippen molar-refractivity contribution in [2.24, 2.45) is 0 Å². The van der Waals surface area contributed by atoms with Crippen LogP contribution in [0.5, 0.6) is 11.5 Å². The molecule has 0 aromatic heterocycles. The highest BCUT2D eigenvalue weighted by Crippen LogP contribution is 2.55. The Morgan fingerprint density at radius 2 is 1.00 bits per heavy atom. The van der Waals surface area contributed by atoms with Crippen LogP contribution in [-0.2, 0) is 0 Å². The minimum absolute atomic E-state index is 0.831. The van der Waals surface area contributed by atoms with Gasteiger partial charge in [-0.2, -0.15) is 0 Å². The molecule has 0 radical (unpaired) electrons. The maximum atomic E-state index is 6.11. The fourth-order valence-corrected chi connectivity index (χ4v) is 8.59. The van der Waals surface area contributed by atoms with Gasteiger partial charge in [-0.3, -0.25) is 0 Å². The summed E-state index contributed by atoms with van der Waals surface area (Å²) < 4.78 is 6.11. The zero-order valence-corrected chi connectivity index (χ0v) is 20.5. The Kier molecular flexibility index (Phi) is 6.89. The lowest BCUT2D eigenvalue weighted by atomic mass is 10.1. The third kappa shape index (κ3) is 4.83. The van der Waals surface area contributed by atoms with Gasteiger partial charge < -0.3 is 4.74 Å². The van der Waals surface area contributed by atoms with Crippen LogP contribution in [0.1, 0.15) is 0 Å². The smallest absolute Gasteiger partial charge is 0.128 e. The Labute approximate surface area is 208 Å². The van der Waals surface area contributed by atoms with Gasteiger partial charge in [0.15, 0.2) is 0 Å². The molecule has 5 aromatic rings. The molecule has 0 saturated heterocycles. The van der Waals surface area contributed by atoms with E-state index in [0.717, 1.165) is 23.2 Å². The van der Waals surface area contributed by atoms with E-state index in [1.165, 1.54) is 21.5 Å². The second-order valence-corrected chi connectivity index (χ2v) is 12.0. The molecule has 5 aromatic carbocycles. The van der Waals surface area contributed by atoms with Crippen molar-refractivity contribution in [3.63, 3.8) is 0 Å². The molecule has 0 N–H and O–H groups in total. The fraction of sp³-hybridized carbons (Fsp3) is 0.0303. The predicted molar refractivity (Wildman–Crippen MR) is 152 cm³/mol. The molecule has 0 unspecified atom stereocenters. The SMILES string of the molecule is C=CC[P+](c1ccccc1)(c1ccccc1)c1cccc(-c2cccc(Oc3ccccc3)c2)c1. The van der Waals surface area contributed by atoms with Gasteiger partial charge in [-0.15, -0.1) is 0 Å². The van der Waals surface area contributed by atoms with E-state index < -0.39 is 7.26 Å². The normalized spacial score (nSPS) is 11.1. The standard InChI is InChI=1S/C33H28OP/c1-2-24-35(31-19-8-4-9-20-31,32-21-10-5-11-22-32)33-23-13-15-28(26-33)27-14-12-18-30(25-27)34-29-16-6-3-7-17-29/h2-23,25-26H,1,24H2/q+1. The monoisotopic (exact) mass is 471 g/mol. The van der Waals surface area contributed by atoms with Crippen molar-refractivity contribution in [1.82, 2.24) is 0 Å². The Hall–Kier alpha value is -3.93. The molecule has 5 rings (SSSR count). The van der Waals surface area contributed by atoms with Crippen molar-refractivity contribution in [1.29, 1.82) is 0 Å². The Bertz CT molecular complexity index is 1360. The highest BCUT2D eigenvalue weighted by atomic mass is 31.2. The molecule has 0 saturated carbocycles. The van der Waals surface area contributed by atoms with Gasteiger partial charge in [0.25, 0.3) is 0 Å². The van der Waals surface area contributed by atoms with Crippen LogP contribution in [0.25, 0.3) is 11.1 Å². The summed E-state index contributed by atoms with van der Waals surface area (Å²) in [5, 5.41) is 4.08. The van der Waals surface area contributed by atoms with Crippen LogP contribution in [-0.4, -0.2) is 6.16 Å². The summed E-state index contributed by atoms with van der Waals surface area (Å²) in [5.41, 5.74) is 2.32. The van der Waals surface area contributed by atoms with Gasteiger partial charge in [0.1, 0.15) is 34.7 Å². The number of hydrogen-bond acceptors (Lipinski definition) is 1. The highest BCUT2D eigenvalue weighted by molar-refractivity contribution is 7.95. The highest BCUT2D eigenvalue weighted by Gasteiger charge is 2.44. The van der Waals surface area contributed by atoms with Crippen LogP contribution in [0.4, 0.5) is 0 Å². The van der Waals surface area contributed by atoms with Gasteiger partial charge in [0.2, 0.25) is 0 Å². The van der Waals surface area contributed by atoms with Gasteiger partial charge in [-0.25, -0.2) is 0 Å². The van der Waals surface area contributed by atoms with Gasteiger partial charge >= 0.3 is 0 Å². The van der Waals surface area contributed by atoms with Gasteiger partial charge in [0.05, 0.1) is 6.16 Å². The fourth-order valence-electron chi connectivity index (χ4n) is 4.61. The molecule has 1 nitrogen and oxygen atoms in total. The maximum Gasteiger partial charge on any atom is 0.128 e. The zero-order valence-electron chi connectivity index (χ0n) is 19.6. The third-order valence-electron chi connectivity index (χ3n) is 6.23. The predicted octanol–water partition coefficient (Wildman–Crippen LogP) is 7.63. The van der Waals surface area contributed by atoms with E-state index in [4.69, 9.17) is 4.74 Å². The molecule has 0 bridgehead atoms. The summed E-state index contributed by atoms with van der Waals surface area (Å²) in [6.45, 7) is 4.17. The van der Waals surface area contributed by atoms with Crippen LogP contribution in [0.2, 0.25) is 0 Å². The van der Waals surface area contributed by atoms with E-state index in [1.54, 1.807) is 0 Å². The molecule has 0 aliphatic rings. The number of ether oxygens (including phenoxy) is 1. The van der Waals surface area contributed by atoms with Crippen molar-refractivity contribution in [3.05, 3.63) is 152 Å². The summed E-state index contributed by atoms with van der Waals surface area (Å²) in [6.07, 6.45) is 2.98. The first-order chi connectivity index (χ1) is 17.3. The summed E-state index contributed by atoms with van der Waals surface area (Å²) in [7, 11) is -1.92. The molecule has 0 atom stereocenters. The van der Waals surface area contributed by atoms with Gasteiger partial charge in [-0.1, -0.05) is 91.5 Å². The van der Waals surface area contributed by atoms with Crippen molar-refractivity contribution >= 4 is 23.2 Å². The molecule has 0 aliphatic carbocycles. The van der Waals surface area contributed by atoms with Crippen LogP contribution in [0.15, 0.2) is 152 Å². The van der Waals surface area contributed by atoms with E-state index in [1.807, 2.05) is 36.4 Å². The minimum Gasteiger partial charge on any atom is -0.457 e. The third-order valence-corrected chi connectivity index (χ3v) is 10.6. The van der Waals surface area contributed by atoms with E-state index in [-0.39, 0.29) is 0 Å².